The Morgan fingerprint density at radius 3 is 2.14 bits per heavy atom. The van der Waals surface area contributed by atoms with E-state index in [2.05, 4.69) is 10.3 Å². The van der Waals surface area contributed by atoms with Crippen LogP contribution in [0.4, 0.5) is 13.2 Å². The van der Waals surface area contributed by atoms with Crippen LogP contribution < -0.4 is 5.32 Å². The highest BCUT2D eigenvalue weighted by Crippen LogP contribution is 2.35. The SMILES string of the molecule is O=C(NC1CCCCC1)[C@@H](c1ccncc1)N(C(=O)C(F)(F)F)C1CCCC1. The summed E-state index contributed by atoms with van der Waals surface area (Å²) in [7, 11) is 0. The first-order chi connectivity index (χ1) is 13.4. The van der Waals surface area contributed by atoms with Crippen LogP contribution in [0.3, 0.4) is 0 Å². The van der Waals surface area contributed by atoms with Crippen LogP contribution in [0.2, 0.25) is 0 Å². The summed E-state index contributed by atoms with van der Waals surface area (Å²) in [6.45, 7) is 0. The molecule has 1 atom stereocenters. The summed E-state index contributed by atoms with van der Waals surface area (Å²) in [6.07, 6.45) is 4.97. The van der Waals surface area contributed by atoms with Crippen molar-refractivity contribution in [2.24, 2.45) is 0 Å². The van der Waals surface area contributed by atoms with Crippen LogP contribution >= 0.6 is 0 Å². The summed E-state index contributed by atoms with van der Waals surface area (Å²) in [5, 5.41) is 2.91. The molecule has 0 aliphatic heterocycles. The summed E-state index contributed by atoms with van der Waals surface area (Å²) < 4.78 is 40.2. The molecular formula is C20H26F3N3O2. The van der Waals surface area contributed by atoms with Crippen molar-refractivity contribution >= 4 is 11.8 Å². The maximum atomic E-state index is 13.4. The minimum Gasteiger partial charge on any atom is -0.351 e. The van der Waals surface area contributed by atoms with Crippen molar-refractivity contribution in [2.75, 3.05) is 0 Å². The summed E-state index contributed by atoms with van der Waals surface area (Å²) in [5.41, 5.74) is 0.354. The summed E-state index contributed by atoms with van der Waals surface area (Å²) in [5.74, 6) is -2.48. The van der Waals surface area contributed by atoms with Gasteiger partial charge in [0.05, 0.1) is 0 Å². The van der Waals surface area contributed by atoms with E-state index >= 15 is 0 Å². The molecular weight excluding hydrogens is 371 g/mol. The average Bonchev–Trinajstić information content (AvgIpc) is 3.20. The van der Waals surface area contributed by atoms with E-state index in [-0.39, 0.29) is 6.04 Å². The van der Waals surface area contributed by atoms with Gasteiger partial charge in [-0.2, -0.15) is 13.2 Å². The highest BCUT2D eigenvalue weighted by Gasteiger charge is 2.49. The third kappa shape index (κ3) is 4.83. The van der Waals surface area contributed by atoms with Gasteiger partial charge >= 0.3 is 12.1 Å². The molecule has 2 aliphatic rings. The number of carbonyl (C=O) groups is 2. The second-order valence-electron chi connectivity index (χ2n) is 7.68. The Labute approximate surface area is 162 Å². The van der Waals surface area contributed by atoms with E-state index in [1.54, 1.807) is 0 Å². The molecule has 0 radical (unpaired) electrons. The first-order valence-electron chi connectivity index (χ1n) is 9.97. The van der Waals surface area contributed by atoms with Crippen LogP contribution in [0.15, 0.2) is 24.5 Å². The van der Waals surface area contributed by atoms with Gasteiger partial charge in [-0.1, -0.05) is 32.1 Å². The van der Waals surface area contributed by atoms with E-state index in [1.165, 1.54) is 24.5 Å². The first kappa shape index (κ1) is 20.6. The number of amides is 2. The van der Waals surface area contributed by atoms with Crippen LogP contribution in [0, 0.1) is 0 Å². The number of nitrogens with one attached hydrogen (secondary N) is 1. The Hall–Kier alpha value is -2.12. The second kappa shape index (κ2) is 8.92. The quantitative estimate of drug-likeness (QED) is 0.820. The van der Waals surface area contributed by atoms with Crippen LogP contribution in [0.1, 0.15) is 69.4 Å². The van der Waals surface area contributed by atoms with Crippen LogP contribution in [-0.2, 0) is 9.59 Å². The normalized spacial score (nSPS) is 20.0. The summed E-state index contributed by atoms with van der Waals surface area (Å²) in [6, 6.07) is 1.07. The molecule has 2 aliphatic carbocycles. The molecule has 0 bridgehead atoms. The Morgan fingerprint density at radius 2 is 1.57 bits per heavy atom. The number of pyridine rings is 1. The van der Waals surface area contributed by atoms with Gasteiger partial charge in [-0.05, 0) is 43.4 Å². The highest BCUT2D eigenvalue weighted by atomic mass is 19.4. The van der Waals surface area contributed by atoms with Gasteiger partial charge in [-0.3, -0.25) is 14.6 Å². The number of hydrogen-bond donors (Lipinski definition) is 1. The zero-order chi connectivity index (χ0) is 20.1. The van der Waals surface area contributed by atoms with Gasteiger partial charge in [0.1, 0.15) is 6.04 Å². The van der Waals surface area contributed by atoms with Crippen molar-refractivity contribution in [3.05, 3.63) is 30.1 Å². The summed E-state index contributed by atoms with van der Waals surface area (Å²) in [4.78, 5) is 30.2. The first-order valence-corrected chi connectivity index (χ1v) is 9.97. The predicted octanol–water partition coefficient (Wildman–Crippen LogP) is 3.91. The molecule has 1 aromatic rings. The Balaban J connectivity index is 1.94. The third-order valence-electron chi connectivity index (χ3n) is 5.70. The van der Waals surface area contributed by atoms with E-state index in [0.29, 0.717) is 18.4 Å². The van der Waals surface area contributed by atoms with E-state index in [9.17, 15) is 22.8 Å². The molecule has 154 valence electrons. The fourth-order valence-electron chi connectivity index (χ4n) is 4.33. The molecule has 2 saturated carbocycles. The van der Waals surface area contributed by atoms with Gasteiger partial charge in [-0.25, -0.2) is 0 Å². The van der Waals surface area contributed by atoms with Crippen molar-refractivity contribution in [3.8, 4) is 0 Å². The van der Waals surface area contributed by atoms with Gasteiger partial charge in [0.2, 0.25) is 5.91 Å². The lowest BCUT2D eigenvalue weighted by Crippen LogP contribution is -2.53. The van der Waals surface area contributed by atoms with Gasteiger partial charge in [-0.15, -0.1) is 0 Å². The molecule has 5 nitrogen and oxygen atoms in total. The van der Waals surface area contributed by atoms with Crippen LogP contribution in [0.5, 0.6) is 0 Å². The Kier molecular flexibility index (Phi) is 6.57. The maximum Gasteiger partial charge on any atom is 0.471 e. The topological polar surface area (TPSA) is 62.3 Å². The average molecular weight is 397 g/mol. The van der Waals surface area contributed by atoms with Gasteiger partial charge < -0.3 is 10.2 Å². The lowest BCUT2D eigenvalue weighted by atomic mass is 9.94. The molecule has 28 heavy (non-hydrogen) atoms. The minimum absolute atomic E-state index is 0.0583. The van der Waals surface area contributed by atoms with Gasteiger partial charge in [0.25, 0.3) is 0 Å². The smallest absolute Gasteiger partial charge is 0.351 e. The molecule has 8 heteroatoms. The third-order valence-corrected chi connectivity index (χ3v) is 5.70. The van der Waals surface area contributed by atoms with Crippen molar-refractivity contribution in [2.45, 2.75) is 82.1 Å². The highest BCUT2D eigenvalue weighted by molar-refractivity contribution is 5.91. The number of carbonyl (C=O) groups excluding carboxylic acids is 2. The number of rotatable bonds is 5. The van der Waals surface area contributed by atoms with Crippen molar-refractivity contribution in [3.63, 3.8) is 0 Å². The molecule has 1 N–H and O–H groups in total. The molecule has 0 aromatic carbocycles. The lowest BCUT2D eigenvalue weighted by molar-refractivity contribution is -0.191. The molecule has 0 unspecified atom stereocenters. The standard InChI is InChI=1S/C20H26F3N3O2/c21-20(22,23)19(28)26(16-8-4-5-9-16)17(14-10-12-24-13-11-14)18(27)25-15-6-2-1-3-7-15/h10-13,15-17H,1-9H2,(H,25,27)/t17-/m1/s1. The molecule has 2 fully saturated rings. The molecule has 3 rings (SSSR count). The van der Waals surface area contributed by atoms with E-state index in [0.717, 1.165) is 49.8 Å². The van der Waals surface area contributed by atoms with Gasteiger partial charge in [0, 0.05) is 24.5 Å². The summed E-state index contributed by atoms with van der Waals surface area (Å²) >= 11 is 0. The number of aromatic nitrogens is 1. The zero-order valence-electron chi connectivity index (χ0n) is 15.8. The maximum absolute atomic E-state index is 13.4. The lowest BCUT2D eigenvalue weighted by Gasteiger charge is -2.37. The fraction of sp³-hybridized carbons (Fsp3) is 0.650. The zero-order valence-corrected chi connectivity index (χ0v) is 15.8. The molecule has 1 aromatic heterocycles. The number of hydrogen-bond acceptors (Lipinski definition) is 3. The van der Waals surface area contributed by atoms with Crippen molar-refractivity contribution in [1.82, 2.24) is 15.2 Å². The monoisotopic (exact) mass is 397 g/mol. The molecule has 0 spiro atoms. The predicted molar refractivity (Wildman–Crippen MR) is 97.2 cm³/mol. The number of alkyl halides is 3. The van der Waals surface area contributed by atoms with E-state index in [4.69, 9.17) is 0 Å². The fourth-order valence-corrected chi connectivity index (χ4v) is 4.33. The van der Waals surface area contributed by atoms with Crippen molar-refractivity contribution < 1.29 is 22.8 Å². The van der Waals surface area contributed by atoms with Gasteiger partial charge in [0.15, 0.2) is 0 Å². The minimum atomic E-state index is -5.03. The molecule has 0 saturated heterocycles. The van der Waals surface area contributed by atoms with Crippen LogP contribution in [-0.4, -0.2) is 40.0 Å². The number of halogens is 3. The largest absolute Gasteiger partial charge is 0.471 e. The van der Waals surface area contributed by atoms with E-state index < -0.39 is 30.1 Å². The second-order valence-corrected chi connectivity index (χ2v) is 7.68. The van der Waals surface area contributed by atoms with Crippen LogP contribution in [0.25, 0.3) is 0 Å². The van der Waals surface area contributed by atoms with E-state index in [1.807, 2.05) is 0 Å². The Bertz CT molecular complexity index is 669. The van der Waals surface area contributed by atoms with Crippen molar-refractivity contribution in [1.29, 1.82) is 0 Å². The Morgan fingerprint density at radius 1 is 1.00 bits per heavy atom. The molecule has 1 heterocycles. The number of nitrogens with zero attached hydrogens (tertiary/aromatic N) is 2. The molecule has 2 amide bonds.